The van der Waals surface area contributed by atoms with Crippen LogP contribution in [-0.4, -0.2) is 5.97 Å². The molecular formula is C15H18O2. The molecule has 0 saturated heterocycles. The summed E-state index contributed by atoms with van der Waals surface area (Å²) in [5, 5.41) is 0. The van der Waals surface area contributed by atoms with E-state index in [1.807, 2.05) is 12.1 Å². The van der Waals surface area contributed by atoms with Gasteiger partial charge in [0.2, 0.25) is 0 Å². The number of esters is 1. The fraction of sp³-hybridized carbons (Fsp3) is 0.400. The Bertz CT molecular complexity index is 432. The Hall–Kier alpha value is -1.57. The Kier molecular flexibility index (Phi) is 3.32. The van der Waals surface area contributed by atoms with Crippen molar-refractivity contribution in [2.45, 2.75) is 38.2 Å². The second kappa shape index (κ2) is 4.74. The lowest BCUT2D eigenvalue weighted by Gasteiger charge is -2.29. The lowest BCUT2D eigenvalue weighted by molar-refractivity contribution is -0.155. The third-order valence-electron chi connectivity index (χ3n) is 3.42. The van der Waals surface area contributed by atoms with Crippen LogP contribution >= 0.6 is 0 Å². The van der Waals surface area contributed by atoms with E-state index in [0.717, 1.165) is 25.7 Å². The number of hydrogen-bond donors (Lipinski definition) is 0. The summed E-state index contributed by atoms with van der Waals surface area (Å²) >= 11 is 0. The molecule has 0 radical (unpaired) electrons. The molecule has 0 saturated carbocycles. The van der Waals surface area contributed by atoms with Crippen LogP contribution in [0.3, 0.4) is 0 Å². The topological polar surface area (TPSA) is 26.3 Å². The quantitative estimate of drug-likeness (QED) is 0.585. The molecule has 1 aliphatic carbocycles. The second-order valence-electron chi connectivity index (χ2n) is 4.53. The Morgan fingerprint density at radius 1 is 1.53 bits per heavy atom. The summed E-state index contributed by atoms with van der Waals surface area (Å²) in [6.07, 6.45) is 5.00. The van der Waals surface area contributed by atoms with E-state index in [1.165, 1.54) is 17.2 Å². The minimum atomic E-state index is -0.420. The van der Waals surface area contributed by atoms with Crippen LogP contribution in [0.4, 0.5) is 0 Å². The molecule has 90 valence electrons. The van der Waals surface area contributed by atoms with Gasteiger partial charge in [-0.2, -0.15) is 0 Å². The van der Waals surface area contributed by atoms with Gasteiger partial charge < -0.3 is 4.74 Å². The molecule has 17 heavy (non-hydrogen) atoms. The third-order valence-corrected chi connectivity index (χ3v) is 3.42. The van der Waals surface area contributed by atoms with E-state index in [2.05, 4.69) is 25.6 Å². The van der Waals surface area contributed by atoms with Gasteiger partial charge in [0.1, 0.15) is 5.60 Å². The van der Waals surface area contributed by atoms with Crippen molar-refractivity contribution in [1.82, 2.24) is 0 Å². The minimum Gasteiger partial charge on any atom is -0.451 e. The second-order valence-corrected chi connectivity index (χ2v) is 4.53. The predicted octanol–water partition coefficient (Wildman–Crippen LogP) is 3.36. The minimum absolute atomic E-state index is 0.324. The van der Waals surface area contributed by atoms with Crippen molar-refractivity contribution < 1.29 is 9.53 Å². The highest BCUT2D eigenvalue weighted by Gasteiger charge is 2.40. The number of ether oxygens (including phenoxy) is 1. The monoisotopic (exact) mass is 230 g/mol. The molecule has 2 nitrogen and oxygen atoms in total. The van der Waals surface area contributed by atoms with Crippen LogP contribution in [0.5, 0.6) is 0 Å². The summed E-state index contributed by atoms with van der Waals surface area (Å²) in [6.45, 7) is 5.59. The first-order valence-corrected chi connectivity index (χ1v) is 6.15. The number of rotatable bonds is 4. The molecule has 2 rings (SSSR count). The van der Waals surface area contributed by atoms with Crippen LogP contribution in [0.15, 0.2) is 36.9 Å². The molecule has 0 bridgehead atoms. The summed E-state index contributed by atoms with van der Waals surface area (Å²) in [7, 11) is 0. The molecule has 0 aliphatic heterocycles. The van der Waals surface area contributed by atoms with Gasteiger partial charge >= 0.3 is 5.97 Å². The SMILES string of the molecule is C=CC(=O)OC1(CCC)CCc2ccccc21. The van der Waals surface area contributed by atoms with Crippen molar-refractivity contribution in [3.63, 3.8) is 0 Å². The molecule has 0 amide bonds. The number of fused-ring (bicyclic) bond motifs is 1. The maximum absolute atomic E-state index is 11.5. The highest BCUT2D eigenvalue weighted by atomic mass is 16.6. The van der Waals surface area contributed by atoms with Gasteiger partial charge in [-0.15, -0.1) is 0 Å². The van der Waals surface area contributed by atoms with Crippen molar-refractivity contribution in [2.75, 3.05) is 0 Å². The zero-order valence-corrected chi connectivity index (χ0v) is 10.2. The van der Waals surface area contributed by atoms with E-state index in [4.69, 9.17) is 4.74 Å². The van der Waals surface area contributed by atoms with Gasteiger partial charge in [0.05, 0.1) is 0 Å². The first kappa shape index (κ1) is 11.9. The lowest BCUT2D eigenvalue weighted by Crippen LogP contribution is -2.29. The average molecular weight is 230 g/mol. The molecule has 0 spiro atoms. The van der Waals surface area contributed by atoms with Gasteiger partial charge in [-0.1, -0.05) is 44.2 Å². The van der Waals surface area contributed by atoms with E-state index < -0.39 is 5.60 Å². The summed E-state index contributed by atoms with van der Waals surface area (Å²) in [6, 6.07) is 8.25. The van der Waals surface area contributed by atoms with Crippen molar-refractivity contribution >= 4 is 5.97 Å². The zero-order chi connectivity index (χ0) is 12.3. The van der Waals surface area contributed by atoms with Crippen LogP contribution < -0.4 is 0 Å². The first-order chi connectivity index (χ1) is 8.22. The lowest BCUT2D eigenvalue weighted by atomic mass is 9.91. The molecular weight excluding hydrogens is 212 g/mol. The molecule has 0 fully saturated rings. The fourth-order valence-electron chi connectivity index (χ4n) is 2.71. The molecule has 1 aromatic carbocycles. The average Bonchev–Trinajstić information content (AvgIpc) is 2.69. The van der Waals surface area contributed by atoms with Crippen molar-refractivity contribution in [3.8, 4) is 0 Å². The first-order valence-electron chi connectivity index (χ1n) is 6.15. The van der Waals surface area contributed by atoms with Gasteiger partial charge in [-0.25, -0.2) is 4.79 Å². The fourth-order valence-corrected chi connectivity index (χ4v) is 2.71. The number of hydrogen-bond acceptors (Lipinski definition) is 2. The van der Waals surface area contributed by atoms with Crippen LogP contribution in [0.25, 0.3) is 0 Å². The molecule has 1 atom stereocenters. The largest absolute Gasteiger partial charge is 0.451 e. The van der Waals surface area contributed by atoms with E-state index >= 15 is 0 Å². The van der Waals surface area contributed by atoms with Crippen LogP contribution in [0.1, 0.15) is 37.3 Å². The molecule has 0 heterocycles. The van der Waals surface area contributed by atoms with Gasteiger partial charge in [-0.3, -0.25) is 0 Å². The summed E-state index contributed by atoms with van der Waals surface area (Å²) < 4.78 is 5.66. The van der Waals surface area contributed by atoms with Gasteiger partial charge in [0.15, 0.2) is 0 Å². The predicted molar refractivity (Wildman–Crippen MR) is 67.6 cm³/mol. The maximum atomic E-state index is 11.5. The van der Waals surface area contributed by atoms with Crippen molar-refractivity contribution in [1.29, 1.82) is 0 Å². The summed E-state index contributed by atoms with van der Waals surface area (Å²) in [5.74, 6) is -0.324. The molecule has 0 N–H and O–H groups in total. The van der Waals surface area contributed by atoms with Crippen LogP contribution in [0, 0.1) is 0 Å². The van der Waals surface area contributed by atoms with Crippen molar-refractivity contribution in [2.24, 2.45) is 0 Å². The normalized spacial score (nSPS) is 21.9. The molecule has 1 unspecified atom stereocenters. The van der Waals surface area contributed by atoms with E-state index in [0.29, 0.717) is 0 Å². The zero-order valence-electron chi connectivity index (χ0n) is 10.2. The molecule has 1 aromatic rings. The van der Waals surface area contributed by atoms with Crippen LogP contribution in [0.2, 0.25) is 0 Å². The Morgan fingerprint density at radius 3 is 3.00 bits per heavy atom. The molecule has 1 aliphatic rings. The van der Waals surface area contributed by atoms with Gasteiger partial charge in [-0.05, 0) is 30.4 Å². The third kappa shape index (κ3) is 2.12. The number of carbonyl (C=O) groups excluding carboxylic acids is 1. The Morgan fingerprint density at radius 2 is 2.29 bits per heavy atom. The van der Waals surface area contributed by atoms with Gasteiger partial charge in [0, 0.05) is 6.08 Å². The van der Waals surface area contributed by atoms with Crippen LogP contribution in [-0.2, 0) is 21.6 Å². The number of benzene rings is 1. The highest BCUT2D eigenvalue weighted by molar-refractivity contribution is 5.81. The van der Waals surface area contributed by atoms with E-state index in [-0.39, 0.29) is 5.97 Å². The highest BCUT2D eigenvalue weighted by Crippen LogP contribution is 2.43. The standard InChI is InChI=1S/C15H18O2/c1-3-10-15(17-14(16)4-2)11-9-12-7-5-6-8-13(12)15/h4-8H,2-3,9-11H2,1H3. The van der Waals surface area contributed by atoms with E-state index in [1.54, 1.807) is 0 Å². The smallest absolute Gasteiger partial charge is 0.331 e. The van der Waals surface area contributed by atoms with Crippen molar-refractivity contribution in [3.05, 3.63) is 48.0 Å². The summed E-state index contributed by atoms with van der Waals surface area (Å²) in [4.78, 5) is 11.5. The van der Waals surface area contributed by atoms with Gasteiger partial charge in [0.25, 0.3) is 0 Å². The number of carbonyl (C=O) groups is 1. The maximum Gasteiger partial charge on any atom is 0.331 e. The van der Waals surface area contributed by atoms with E-state index in [9.17, 15) is 4.79 Å². The molecule has 0 aromatic heterocycles. The summed E-state index contributed by atoms with van der Waals surface area (Å²) in [5.41, 5.74) is 2.06. The number of aryl methyl sites for hydroxylation is 1. The Balaban J connectivity index is 2.36. The molecule has 2 heteroatoms. The Labute approximate surface area is 102 Å².